The Morgan fingerprint density at radius 2 is 0.891 bits per heavy atom. The molecule has 0 nitrogen and oxygen atoms in total. The van der Waals surface area contributed by atoms with Crippen LogP contribution in [0.5, 0.6) is 0 Å². The minimum absolute atomic E-state index is 0. The summed E-state index contributed by atoms with van der Waals surface area (Å²) in [6.07, 6.45) is -2.11. The Balaban J connectivity index is 0.00000340. The van der Waals surface area contributed by atoms with Crippen molar-refractivity contribution < 1.29 is 47.6 Å². The first-order valence-corrected chi connectivity index (χ1v) is 25.0. The molecule has 0 bridgehead atoms. The van der Waals surface area contributed by atoms with Crippen molar-refractivity contribution in [3.05, 3.63) is 198 Å². The molecule has 0 saturated heterocycles. The van der Waals surface area contributed by atoms with Gasteiger partial charge in [0.05, 0.1) is 0 Å². The van der Waals surface area contributed by atoms with Crippen LogP contribution in [0.3, 0.4) is 0 Å². The Kier molecular flexibility index (Phi) is 14.0. The van der Waals surface area contributed by atoms with Crippen LogP contribution in [0.1, 0.15) is 107 Å². The smallest absolute Gasteiger partial charge is 0.147 e. The normalized spacial score (nSPS) is 13.8. The number of fused-ring (bicyclic) bond motifs is 3. The maximum atomic E-state index is 14.1. The third-order valence-corrected chi connectivity index (χ3v) is 20.8. The van der Waals surface area contributed by atoms with Gasteiger partial charge in [0.2, 0.25) is 0 Å². The average molecular weight is 989 g/mol. The van der Waals surface area contributed by atoms with Crippen molar-refractivity contribution in [3.8, 4) is 33.4 Å². The molecule has 6 aromatic rings. The average Bonchev–Trinajstić information content (AvgIpc) is 3.85. The predicted octanol–water partition coefficient (Wildman–Crippen LogP) is 16.9. The van der Waals surface area contributed by atoms with Gasteiger partial charge in [-0.05, 0) is 0 Å². The molecule has 8 rings (SSSR count). The van der Waals surface area contributed by atoms with Gasteiger partial charge in [0.1, 0.15) is 0 Å². The number of alkyl halides is 6. The van der Waals surface area contributed by atoms with E-state index in [0.29, 0.717) is 17.5 Å². The van der Waals surface area contributed by atoms with E-state index in [1.54, 1.807) is 0 Å². The predicted molar refractivity (Wildman–Crippen MR) is 254 cm³/mol. The van der Waals surface area contributed by atoms with E-state index in [1.807, 2.05) is 18.2 Å². The third-order valence-electron chi connectivity index (χ3n) is 12.5. The molecule has 0 amide bonds. The molecule has 6 aromatic carbocycles. The standard InChI is InChI=1S/C35H37.C15H8F6.C5H5.2ClH.Zr/c1-22-13-9-11-15-26(22)30-18-24-17-25-19-31(27-16-12-10-14-23(27)2)33(35(6,7)8)21-29(25)28(24)20-32(30)34(3,4)5;16-14(17,18)12-5-1-10(2-6-12)9-11-3-7-13(8-4-11)15(19,20)21;1-2-4-5-3-1;;;/h9-21H,1-8H3;1-8H;1-3H,4H2;2*1H;. The van der Waals surface area contributed by atoms with Gasteiger partial charge in [0.15, 0.2) is 0 Å². The molecule has 2 aliphatic rings. The molecule has 0 atom stereocenters. The van der Waals surface area contributed by atoms with E-state index in [4.69, 9.17) is 0 Å². The van der Waals surface area contributed by atoms with Gasteiger partial charge in [0, 0.05) is 0 Å². The summed E-state index contributed by atoms with van der Waals surface area (Å²) >= 11 is -3.64. The quantitative estimate of drug-likeness (QED) is 0.146. The van der Waals surface area contributed by atoms with E-state index >= 15 is 0 Å². The fraction of sp³-hybridized carbons (Fsp3) is 0.255. The van der Waals surface area contributed by atoms with E-state index in [1.165, 1.54) is 38.7 Å². The number of benzene rings is 6. The molecule has 0 spiro atoms. The molecule has 0 heterocycles. The van der Waals surface area contributed by atoms with Crippen LogP contribution in [0.4, 0.5) is 26.3 Å². The number of allylic oxidation sites excluding steroid dienone is 4. The first-order valence-electron chi connectivity index (χ1n) is 21.1. The van der Waals surface area contributed by atoms with Gasteiger partial charge in [-0.25, -0.2) is 0 Å². The van der Waals surface area contributed by atoms with Crippen molar-refractivity contribution in [1.29, 1.82) is 0 Å². The SMILES string of the molecule is Cc1ccccc1-c1cc2c(cc1C(C)(C)C)-c1cc(C(C)(C)C)c(-c3ccccc3C)cc1[CH]2[Zr]([C]1=CC=CC1)=[C](c1ccc(C(F)(F)F)cc1)c1ccc(C(F)(F)F)cc1.Cl.Cl. The van der Waals surface area contributed by atoms with Gasteiger partial charge in [-0.3, -0.25) is 0 Å². The summed E-state index contributed by atoms with van der Waals surface area (Å²) in [4.78, 5) is 0. The molecule has 0 N–H and O–H groups in total. The Bertz CT molecular complexity index is 2640. The molecule has 64 heavy (non-hydrogen) atoms. The molecule has 0 saturated carbocycles. The summed E-state index contributed by atoms with van der Waals surface area (Å²) in [5.74, 6) is 0. The van der Waals surface area contributed by atoms with Gasteiger partial charge in [0.25, 0.3) is 0 Å². The van der Waals surface area contributed by atoms with Crippen LogP contribution >= 0.6 is 24.8 Å². The van der Waals surface area contributed by atoms with Crippen LogP contribution in [0.2, 0.25) is 0 Å². The summed E-state index contributed by atoms with van der Waals surface area (Å²) < 4.78 is 86.6. The van der Waals surface area contributed by atoms with Crippen LogP contribution in [0.25, 0.3) is 33.4 Å². The first-order chi connectivity index (χ1) is 29.1. The fourth-order valence-electron chi connectivity index (χ4n) is 9.36. The van der Waals surface area contributed by atoms with Crippen molar-refractivity contribution in [2.24, 2.45) is 0 Å². The van der Waals surface area contributed by atoms with E-state index in [9.17, 15) is 26.3 Å². The number of rotatable bonds is 6. The molecule has 332 valence electrons. The van der Waals surface area contributed by atoms with Crippen molar-refractivity contribution in [2.75, 3.05) is 0 Å². The minimum atomic E-state index is -4.55. The zero-order valence-corrected chi connectivity index (χ0v) is 41.2. The monoisotopic (exact) mass is 986 g/mol. The largest absolute Gasteiger partial charge is 0.147 e. The van der Waals surface area contributed by atoms with Crippen molar-refractivity contribution in [1.82, 2.24) is 0 Å². The minimum Gasteiger partial charge on any atom is -0.147 e. The molecular formula is C55H52Cl2F6Zr. The molecule has 2 aliphatic carbocycles. The molecule has 9 heteroatoms. The van der Waals surface area contributed by atoms with Gasteiger partial charge in [-0.1, -0.05) is 0 Å². The fourth-order valence-corrected chi connectivity index (χ4v) is 18.3. The summed E-state index contributed by atoms with van der Waals surface area (Å²) in [7, 11) is 0. The third kappa shape index (κ3) is 9.38. The summed E-state index contributed by atoms with van der Waals surface area (Å²) in [6, 6.07) is 36.9. The number of halogens is 8. The Hall–Kier alpha value is -4.29. The van der Waals surface area contributed by atoms with Gasteiger partial charge in [-0.15, -0.1) is 24.8 Å². The molecule has 0 fully saturated rings. The molecule has 0 unspecified atom stereocenters. The zero-order chi connectivity index (χ0) is 44.5. The molecular weight excluding hydrogens is 937 g/mol. The summed E-state index contributed by atoms with van der Waals surface area (Å²) in [5, 5.41) is 0. The van der Waals surface area contributed by atoms with Crippen LogP contribution in [-0.2, 0) is 44.4 Å². The van der Waals surface area contributed by atoms with Crippen molar-refractivity contribution in [3.63, 3.8) is 0 Å². The zero-order valence-electron chi connectivity index (χ0n) is 37.1. The summed E-state index contributed by atoms with van der Waals surface area (Å²) in [6.45, 7) is 17.7. The van der Waals surface area contributed by atoms with Crippen molar-refractivity contribution >= 4 is 28.0 Å². The second-order valence-corrected chi connectivity index (χ2v) is 25.1. The molecule has 0 radical (unpaired) electrons. The van der Waals surface area contributed by atoms with Gasteiger partial charge >= 0.3 is 371 Å². The van der Waals surface area contributed by atoms with E-state index in [2.05, 4.69) is 128 Å². The van der Waals surface area contributed by atoms with Crippen molar-refractivity contribution in [2.45, 2.75) is 88.6 Å². The second kappa shape index (κ2) is 18.2. The topological polar surface area (TPSA) is 0 Å². The Morgan fingerprint density at radius 1 is 0.500 bits per heavy atom. The summed E-state index contributed by atoms with van der Waals surface area (Å²) in [5.41, 5.74) is 13.0. The maximum absolute atomic E-state index is 14.1. The first kappa shape index (κ1) is 49.2. The van der Waals surface area contributed by atoms with E-state index in [-0.39, 0.29) is 39.3 Å². The van der Waals surface area contributed by atoms with E-state index in [0.717, 1.165) is 83.1 Å². The van der Waals surface area contributed by atoms with E-state index < -0.39 is 44.7 Å². The van der Waals surface area contributed by atoms with Crippen LogP contribution in [0.15, 0.2) is 143 Å². The van der Waals surface area contributed by atoms with Gasteiger partial charge < -0.3 is 0 Å². The van der Waals surface area contributed by atoms with Gasteiger partial charge in [-0.2, -0.15) is 0 Å². The van der Waals surface area contributed by atoms with Crippen LogP contribution < -0.4 is 0 Å². The maximum Gasteiger partial charge on any atom is -0.147 e. The Labute approximate surface area is 393 Å². The van der Waals surface area contributed by atoms with Crippen LogP contribution in [0, 0.1) is 13.8 Å². The number of hydrogen-bond donors (Lipinski definition) is 0. The molecule has 0 aliphatic heterocycles. The second-order valence-electron chi connectivity index (χ2n) is 18.8. The number of hydrogen-bond acceptors (Lipinski definition) is 0. The van der Waals surface area contributed by atoms with Crippen LogP contribution in [-0.4, -0.2) is 3.21 Å². The number of aryl methyl sites for hydroxylation is 2. The molecule has 0 aromatic heterocycles. The Morgan fingerprint density at radius 3 is 1.22 bits per heavy atom.